The van der Waals surface area contributed by atoms with E-state index in [2.05, 4.69) is 18.2 Å². The lowest BCUT2D eigenvalue weighted by atomic mass is 10.1. The van der Waals surface area contributed by atoms with Crippen molar-refractivity contribution in [2.45, 2.75) is 32.1 Å². The summed E-state index contributed by atoms with van der Waals surface area (Å²) in [5, 5.41) is 8.83. The molecule has 3 heteroatoms. The second kappa shape index (κ2) is 7.11. The number of rotatable bonds is 3. The molecule has 0 aliphatic carbocycles. The van der Waals surface area contributed by atoms with E-state index in [1.807, 2.05) is 29.2 Å². The number of fused-ring (bicyclic) bond motifs is 1. The number of anilines is 1. The Morgan fingerprint density at radius 2 is 1.87 bits per heavy atom. The van der Waals surface area contributed by atoms with Gasteiger partial charge < -0.3 is 4.90 Å². The van der Waals surface area contributed by atoms with Gasteiger partial charge in [-0.1, -0.05) is 30.3 Å². The fourth-order valence-electron chi connectivity index (χ4n) is 3.08. The quantitative estimate of drug-likeness (QED) is 0.864. The van der Waals surface area contributed by atoms with Gasteiger partial charge in [-0.25, -0.2) is 0 Å². The van der Waals surface area contributed by atoms with Gasteiger partial charge in [0.2, 0.25) is 5.91 Å². The van der Waals surface area contributed by atoms with Gasteiger partial charge in [0.25, 0.3) is 0 Å². The average molecular weight is 304 g/mol. The van der Waals surface area contributed by atoms with Crippen molar-refractivity contribution in [2.75, 3.05) is 11.4 Å². The van der Waals surface area contributed by atoms with Gasteiger partial charge in [0.1, 0.15) is 0 Å². The smallest absolute Gasteiger partial charge is 0.227 e. The molecule has 3 nitrogen and oxygen atoms in total. The van der Waals surface area contributed by atoms with Crippen LogP contribution in [0.4, 0.5) is 5.69 Å². The molecule has 0 unspecified atom stereocenters. The number of carbonyl (C=O) groups is 1. The summed E-state index contributed by atoms with van der Waals surface area (Å²) in [7, 11) is 0. The van der Waals surface area contributed by atoms with E-state index in [4.69, 9.17) is 5.26 Å². The van der Waals surface area contributed by atoms with Crippen LogP contribution in [0, 0.1) is 11.3 Å². The van der Waals surface area contributed by atoms with E-state index in [1.165, 1.54) is 5.56 Å². The first-order valence-electron chi connectivity index (χ1n) is 8.15. The van der Waals surface area contributed by atoms with Crippen LogP contribution in [0.2, 0.25) is 0 Å². The molecule has 0 radical (unpaired) electrons. The highest BCUT2D eigenvalue weighted by Gasteiger charge is 2.20. The van der Waals surface area contributed by atoms with Crippen LogP contribution >= 0.6 is 0 Å². The molecule has 0 N–H and O–H groups in total. The van der Waals surface area contributed by atoms with Gasteiger partial charge in [0.05, 0.1) is 11.6 Å². The van der Waals surface area contributed by atoms with Crippen molar-refractivity contribution in [3.05, 3.63) is 65.2 Å². The molecule has 1 aliphatic rings. The Hall–Kier alpha value is -2.60. The number of para-hydroxylation sites is 1. The van der Waals surface area contributed by atoms with Crippen LogP contribution in [-0.4, -0.2) is 12.5 Å². The van der Waals surface area contributed by atoms with Crippen LogP contribution < -0.4 is 4.90 Å². The van der Waals surface area contributed by atoms with Crippen LogP contribution in [0.5, 0.6) is 0 Å². The molecule has 116 valence electrons. The molecular weight excluding hydrogens is 284 g/mol. The second-order valence-corrected chi connectivity index (χ2v) is 5.94. The second-order valence-electron chi connectivity index (χ2n) is 5.94. The number of aryl methyl sites for hydroxylation is 2. The predicted molar refractivity (Wildman–Crippen MR) is 91.2 cm³/mol. The van der Waals surface area contributed by atoms with Crippen LogP contribution in [0.1, 0.15) is 36.0 Å². The summed E-state index contributed by atoms with van der Waals surface area (Å²) in [4.78, 5) is 14.6. The molecule has 0 saturated heterocycles. The van der Waals surface area contributed by atoms with E-state index in [1.54, 1.807) is 12.1 Å². The molecule has 3 rings (SSSR count). The Morgan fingerprint density at radius 3 is 2.65 bits per heavy atom. The van der Waals surface area contributed by atoms with Gasteiger partial charge in [-0.15, -0.1) is 0 Å². The van der Waals surface area contributed by atoms with E-state index < -0.39 is 0 Å². The van der Waals surface area contributed by atoms with Crippen LogP contribution in [0.25, 0.3) is 0 Å². The Kier molecular flexibility index (Phi) is 4.73. The summed E-state index contributed by atoms with van der Waals surface area (Å²) in [6, 6.07) is 17.8. The normalized spacial score (nSPS) is 13.8. The topological polar surface area (TPSA) is 44.1 Å². The fraction of sp³-hybridized carbons (Fsp3) is 0.300. The molecule has 0 fully saturated rings. The van der Waals surface area contributed by atoms with Crippen molar-refractivity contribution < 1.29 is 4.79 Å². The number of amides is 1. The average Bonchev–Trinajstić information content (AvgIpc) is 2.82. The molecule has 0 atom stereocenters. The van der Waals surface area contributed by atoms with Crippen molar-refractivity contribution in [3.63, 3.8) is 0 Å². The number of benzene rings is 2. The molecule has 2 aromatic rings. The standard InChI is InChI=1S/C20H20N2O/c21-15-17-10-8-16(9-11-17)12-13-20(23)22-14-4-3-6-18-5-1-2-7-19(18)22/h1-2,5,7-11H,3-4,6,12-14H2. The Balaban J connectivity index is 1.69. The summed E-state index contributed by atoms with van der Waals surface area (Å²) in [5.74, 6) is 0.184. The molecule has 1 aliphatic heterocycles. The van der Waals surface area contributed by atoms with Crippen molar-refractivity contribution in [1.29, 1.82) is 5.26 Å². The highest BCUT2D eigenvalue weighted by Crippen LogP contribution is 2.26. The van der Waals surface area contributed by atoms with E-state index in [0.717, 1.165) is 37.1 Å². The van der Waals surface area contributed by atoms with Crippen molar-refractivity contribution >= 4 is 11.6 Å². The Labute approximate surface area is 137 Å². The number of hydrogen-bond donors (Lipinski definition) is 0. The molecule has 0 spiro atoms. The Morgan fingerprint density at radius 1 is 1.09 bits per heavy atom. The highest BCUT2D eigenvalue weighted by molar-refractivity contribution is 5.94. The summed E-state index contributed by atoms with van der Waals surface area (Å²) < 4.78 is 0. The number of nitriles is 1. The maximum Gasteiger partial charge on any atom is 0.227 e. The largest absolute Gasteiger partial charge is 0.312 e. The monoisotopic (exact) mass is 304 g/mol. The fourth-order valence-corrected chi connectivity index (χ4v) is 3.08. The highest BCUT2D eigenvalue weighted by atomic mass is 16.2. The van der Waals surface area contributed by atoms with Gasteiger partial charge in [-0.3, -0.25) is 4.79 Å². The third kappa shape index (κ3) is 3.60. The molecule has 1 heterocycles. The lowest BCUT2D eigenvalue weighted by molar-refractivity contribution is -0.118. The third-order valence-electron chi connectivity index (χ3n) is 4.37. The minimum Gasteiger partial charge on any atom is -0.312 e. The van der Waals surface area contributed by atoms with Gasteiger partial charge in [0.15, 0.2) is 0 Å². The van der Waals surface area contributed by atoms with E-state index in [9.17, 15) is 4.79 Å². The molecule has 2 aromatic carbocycles. The lowest BCUT2D eigenvalue weighted by Gasteiger charge is -2.23. The van der Waals surface area contributed by atoms with E-state index in [0.29, 0.717) is 18.4 Å². The zero-order valence-electron chi connectivity index (χ0n) is 13.2. The molecule has 0 bridgehead atoms. The number of carbonyl (C=O) groups excluding carboxylic acids is 1. The lowest BCUT2D eigenvalue weighted by Crippen LogP contribution is -2.31. The summed E-state index contributed by atoms with van der Waals surface area (Å²) in [5.41, 5.74) is 4.11. The van der Waals surface area contributed by atoms with Gasteiger partial charge in [-0.2, -0.15) is 5.26 Å². The summed E-state index contributed by atoms with van der Waals surface area (Å²) in [6.07, 6.45) is 4.45. The first kappa shape index (κ1) is 15.3. The van der Waals surface area contributed by atoms with Gasteiger partial charge in [0, 0.05) is 18.7 Å². The maximum absolute atomic E-state index is 12.7. The molecule has 0 aromatic heterocycles. The Bertz CT molecular complexity index is 728. The molecular formula is C20H20N2O. The van der Waals surface area contributed by atoms with Crippen LogP contribution in [0.15, 0.2) is 48.5 Å². The van der Waals surface area contributed by atoms with Crippen molar-refractivity contribution in [2.24, 2.45) is 0 Å². The maximum atomic E-state index is 12.7. The van der Waals surface area contributed by atoms with E-state index in [-0.39, 0.29) is 5.91 Å². The van der Waals surface area contributed by atoms with Crippen LogP contribution in [0.3, 0.4) is 0 Å². The molecule has 1 amide bonds. The minimum absolute atomic E-state index is 0.184. The summed E-state index contributed by atoms with van der Waals surface area (Å²) >= 11 is 0. The SMILES string of the molecule is N#Cc1ccc(CCC(=O)N2CCCCc3ccccc32)cc1. The van der Waals surface area contributed by atoms with E-state index >= 15 is 0 Å². The van der Waals surface area contributed by atoms with Crippen molar-refractivity contribution in [1.82, 2.24) is 0 Å². The van der Waals surface area contributed by atoms with Crippen molar-refractivity contribution in [3.8, 4) is 6.07 Å². The number of hydrogen-bond acceptors (Lipinski definition) is 2. The first-order chi connectivity index (χ1) is 11.3. The zero-order chi connectivity index (χ0) is 16.1. The first-order valence-corrected chi connectivity index (χ1v) is 8.15. The third-order valence-corrected chi connectivity index (χ3v) is 4.37. The predicted octanol–water partition coefficient (Wildman–Crippen LogP) is 3.86. The molecule has 0 saturated carbocycles. The summed E-state index contributed by atoms with van der Waals surface area (Å²) in [6.45, 7) is 0.809. The number of nitrogens with zero attached hydrogens (tertiary/aromatic N) is 2. The van der Waals surface area contributed by atoms with Crippen LogP contribution in [-0.2, 0) is 17.6 Å². The molecule has 23 heavy (non-hydrogen) atoms. The van der Waals surface area contributed by atoms with Gasteiger partial charge in [-0.05, 0) is 55.0 Å². The minimum atomic E-state index is 0.184. The van der Waals surface area contributed by atoms with Gasteiger partial charge >= 0.3 is 0 Å². The zero-order valence-corrected chi connectivity index (χ0v) is 13.2.